The Morgan fingerprint density at radius 2 is 2.18 bits per heavy atom. The average molecular weight is 248 g/mol. The highest BCUT2D eigenvalue weighted by atomic mass is 32.2. The van der Waals surface area contributed by atoms with Gasteiger partial charge >= 0.3 is 0 Å². The largest absolute Gasteiger partial charge is 0.316 e. The predicted molar refractivity (Wildman–Crippen MR) is 74.1 cm³/mol. The van der Waals surface area contributed by atoms with Crippen molar-refractivity contribution < 1.29 is 0 Å². The van der Waals surface area contributed by atoms with Crippen LogP contribution in [-0.2, 0) is 6.54 Å². The molecule has 0 atom stereocenters. The average Bonchev–Trinajstić information content (AvgIpc) is 2.30. The molecule has 0 amide bonds. The maximum atomic E-state index is 9.14. The summed E-state index contributed by atoms with van der Waals surface area (Å²) >= 11 is 1.78. The molecule has 0 aliphatic heterocycles. The Morgan fingerprint density at radius 1 is 1.41 bits per heavy atom. The third kappa shape index (κ3) is 4.80. The molecule has 3 heteroatoms. The van der Waals surface area contributed by atoms with Crippen molar-refractivity contribution in [3.63, 3.8) is 0 Å². The van der Waals surface area contributed by atoms with E-state index < -0.39 is 0 Å². The first-order valence-corrected chi connectivity index (χ1v) is 6.96. The Balaban J connectivity index is 2.69. The van der Waals surface area contributed by atoms with Crippen molar-refractivity contribution in [3.8, 4) is 6.07 Å². The van der Waals surface area contributed by atoms with E-state index in [1.54, 1.807) is 11.8 Å². The summed E-state index contributed by atoms with van der Waals surface area (Å²) in [6.07, 6.45) is 1.19. The molecule has 0 saturated heterocycles. The second-order valence-corrected chi connectivity index (χ2v) is 5.64. The van der Waals surface area contributed by atoms with E-state index in [9.17, 15) is 0 Å². The number of nitrogens with one attached hydrogen (secondary N) is 1. The van der Waals surface area contributed by atoms with Crippen molar-refractivity contribution in [3.05, 3.63) is 29.3 Å². The zero-order valence-electron chi connectivity index (χ0n) is 10.8. The Labute approximate surface area is 108 Å². The molecule has 2 nitrogen and oxygen atoms in total. The number of nitriles is 1. The van der Waals surface area contributed by atoms with Gasteiger partial charge in [-0.2, -0.15) is 5.26 Å². The molecule has 0 bridgehead atoms. The summed E-state index contributed by atoms with van der Waals surface area (Å²) in [7, 11) is 1.91. The van der Waals surface area contributed by atoms with Crippen LogP contribution in [0.1, 0.15) is 31.4 Å². The molecule has 0 aliphatic rings. The van der Waals surface area contributed by atoms with Crippen LogP contribution in [0.5, 0.6) is 0 Å². The van der Waals surface area contributed by atoms with Crippen molar-refractivity contribution >= 4 is 11.8 Å². The molecule has 17 heavy (non-hydrogen) atoms. The van der Waals surface area contributed by atoms with Gasteiger partial charge in [0.2, 0.25) is 0 Å². The second-order valence-electron chi connectivity index (χ2n) is 4.50. The fraction of sp³-hybridized carbons (Fsp3) is 0.500. The molecule has 0 fully saturated rings. The molecular formula is C14H20N2S. The summed E-state index contributed by atoms with van der Waals surface area (Å²) in [5.41, 5.74) is 1.96. The van der Waals surface area contributed by atoms with Gasteiger partial charge in [0.25, 0.3) is 0 Å². The molecule has 0 saturated carbocycles. The summed E-state index contributed by atoms with van der Waals surface area (Å²) in [5, 5.41) is 12.2. The van der Waals surface area contributed by atoms with Gasteiger partial charge in [0, 0.05) is 11.4 Å². The van der Waals surface area contributed by atoms with E-state index in [1.807, 2.05) is 13.1 Å². The number of thioether (sulfide) groups is 1. The van der Waals surface area contributed by atoms with Gasteiger partial charge in [-0.3, -0.25) is 0 Å². The summed E-state index contributed by atoms with van der Waals surface area (Å²) < 4.78 is 0. The molecule has 0 heterocycles. The minimum absolute atomic E-state index is 0.719. The topological polar surface area (TPSA) is 35.8 Å². The number of nitrogens with zero attached hydrogens (tertiary/aromatic N) is 1. The molecule has 1 N–H and O–H groups in total. The number of rotatable bonds is 6. The van der Waals surface area contributed by atoms with Crippen LogP contribution in [0.25, 0.3) is 0 Å². The van der Waals surface area contributed by atoms with E-state index in [0.717, 1.165) is 34.2 Å². The molecule has 0 spiro atoms. The first-order chi connectivity index (χ1) is 8.17. The van der Waals surface area contributed by atoms with Gasteiger partial charge in [-0.15, -0.1) is 11.8 Å². The third-order valence-electron chi connectivity index (χ3n) is 2.50. The normalized spacial score (nSPS) is 10.5. The van der Waals surface area contributed by atoms with Crippen LogP contribution < -0.4 is 5.32 Å². The van der Waals surface area contributed by atoms with Gasteiger partial charge in [0.1, 0.15) is 6.07 Å². The van der Waals surface area contributed by atoms with Crippen LogP contribution in [0.3, 0.4) is 0 Å². The zero-order chi connectivity index (χ0) is 12.7. The van der Waals surface area contributed by atoms with Crippen LogP contribution in [0, 0.1) is 17.2 Å². The quantitative estimate of drug-likeness (QED) is 0.784. The first kappa shape index (κ1) is 14.1. The maximum absolute atomic E-state index is 9.14. The van der Waals surface area contributed by atoms with Gasteiger partial charge in [-0.25, -0.2) is 0 Å². The van der Waals surface area contributed by atoms with E-state index in [0.29, 0.717) is 0 Å². The van der Waals surface area contributed by atoms with Crippen LogP contribution in [0.2, 0.25) is 0 Å². The fourth-order valence-corrected chi connectivity index (χ4v) is 2.74. The molecule has 0 radical (unpaired) electrons. The molecule has 1 aromatic carbocycles. The molecule has 0 unspecified atom stereocenters. The zero-order valence-corrected chi connectivity index (χ0v) is 11.6. The van der Waals surface area contributed by atoms with Gasteiger partial charge in [0.15, 0.2) is 0 Å². The molecule has 1 aromatic rings. The lowest BCUT2D eigenvalue weighted by molar-refractivity contribution is 0.632. The Kier molecular flexibility index (Phi) is 6.10. The minimum Gasteiger partial charge on any atom is -0.316 e. The fourth-order valence-electron chi connectivity index (χ4n) is 1.51. The van der Waals surface area contributed by atoms with E-state index in [-0.39, 0.29) is 0 Å². The maximum Gasteiger partial charge on any atom is 0.100 e. The summed E-state index contributed by atoms with van der Waals surface area (Å²) in [6.45, 7) is 5.26. The molecular weight excluding hydrogens is 228 g/mol. The van der Waals surface area contributed by atoms with Crippen molar-refractivity contribution in [1.29, 1.82) is 5.26 Å². The molecule has 0 aliphatic carbocycles. The van der Waals surface area contributed by atoms with E-state index in [2.05, 4.69) is 37.4 Å². The van der Waals surface area contributed by atoms with E-state index >= 15 is 0 Å². The van der Waals surface area contributed by atoms with E-state index in [1.165, 1.54) is 6.42 Å². The predicted octanol–water partition coefficient (Wildman–Crippen LogP) is 3.42. The lowest BCUT2D eigenvalue weighted by Crippen LogP contribution is -2.05. The highest BCUT2D eigenvalue weighted by Gasteiger charge is 2.04. The highest BCUT2D eigenvalue weighted by Crippen LogP contribution is 2.25. The van der Waals surface area contributed by atoms with Crippen molar-refractivity contribution in [2.45, 2.75) is 31.7 Å². The monoisotopic (exact) mass is 248 g/mol. The minimum atomic E-state index is 0.719. The van der Waals surface area contributed by atoms with E-state index in [4.69, 9.17) is 5.26 Å². The Morgan fingerprint density at radius 3 is 2.76 bits per heavy atom. The van der Waals surface area contributed by atoms with Gasteiger partial charge in [-0.05, 0) is 42.8 Å². The van der Waals surface area contributed by atoms with Gasteiger partial charge in [0.05, 0.1) is 5.56 Å². The summed E-state index contributed by atoms with van der Waals surface area (Å²) in [4.78, 5) is 1.10. The van der Waals surface area contributed by atoms with Crippen molar-refractivity contribution in [2.24, 2.45) is 5.92 Å². The van der Waals surface area contributed by atoms with Crippen LogP contribution in [0.4, 0.5) is 0 Å². The third-order valence-corrected chi connectivity index (χ3v) is 3.60. The van der Waals surface area contributed by atoms with Crippen molar-refractivity contribution in [2.75, 3.05) is 12.8 Å². The van der Waals surface area contributed by atoms with Gasteiger partial charge < -0.3 is 5.32 Å². The Bertz CT molecular complexity index is 394. The lowest BCUT2D eigenvalue weighted by Gasteiger charge is -2.08. The molecule has 1 rings (SSSR count). The molecule has 0 aromatic heterocycles. The van der Waals surface area contributed by atoms with Crippen LogP contribution in [0.15, 0.2) is 23.1 Å². The number of benzene rings is 1. The molecule has 92 valence electrons. The lowest BCUT2D eigenvalue weighted by atomic mass is 10.1. The second kappa shape index (κ2) is 7.37. The van der Waals surface area contributed by atoms with Crippen LogP contribution >= 0.6 is 11.8 Å². The van der Waals surface area contributed by atoms with Crippen molar-refractivity contribution in [1.82, 2.24) is 5.32 Å². The standard InChI is InChI=1S/C14H20N2S/c1-11(2)6-7-17-14-5-4-12(10-16-3)8-13(14)9-15/h4-5,8,11,16H,6-7,10H2,1-3H3. The smallest absolute Gasteiger partial charge is 0.100 e. The Hall–Kier alpha value is -0.980. The van der Waals surface area contributed by atoms with Crippen LogP contribution in [-0.4, -0.2) is 12.8 Å². The summed E-state index contributed by atoms with van der Waals surface area (Å²) in [5.74, 6) is 1.80. The highest BCUT2D eigenvalue weighted by molar-refractivity contribution is 7.99. The number of hydrogen-bond donors (Lipinski definition) is 1. The van der Waals surface area contributed by atoms with Gasteiger partial charge in [-0.1, -0.05) is 19.9 Å². The number of hydrogen-bond acceptors (Lipinski definition) is 3. The SMILES string of the molecule is CNCc1ccc(SCCC(C)C)c(C#N)c1. The first-order valence-electron chi connectivity index (χ1n) is 5.97. The summed E-state index contributed by atoms with van der Waals surface area (Å²) in [6, 6.07) is 8.42.